The van der Waals surface area contributed by atoms with E-state index in [-0.39, 0.29) is 0 Å². The molecule has 3 aromatic heterocycles. The maximum absolute atomic E-state index is 4.71. The van der Waals surface area contributed by atoms with Crippen molar-refractivity contribution < 1.29 is 0 Å². The molecule has 0 N–H and O–H groups in total. The van der Waals surface area contributed by atoms with Crippen LogP contribution in [0.5, 0.6) is 0 Å². The van der Waals surface area contributed by atoms with Crippen LogP contribution in [0.4, 0.5) is 0 Å². The van der Waals surface area contributed by atoms with Gasteiger partial charge in [0.05, 0.1) is 5.52 Å². The van der Waals surface area contributed by atoms with Crippen molar-refractivity contribution in [2.45, 2.75) is 6.92 Å². The third-order valence-corrected chi connectivity index (χ3v) is 4.42. The van der Waals surface area contributed by atoms with Gasteiger partial charge in [0.15, 0.2) is 11.6 Å². The van der Waals surface area contributed by atoms with Gasteiger partial charge in [0.2, 0.25) is 5.82 Å². The number of hydrogen-bond acceptors (Lipinski definition) is 6. The van der Waals surface area contributed by atoms with Crippen molar-refractivity contribution in [3.8, 4) is 28.6 Å². The van der Waals surface area contributed by atoms with Crippen LogP contribution in [0.25, 0.3) is 39.5 Å². The SMILES string of the molecule is Cc1ccc(-c2nnn(-c3nc(-c4cccnc4)nc4ccccc34)n2)cc1. The Morgan fingerprint density at radius 2 is 1.64 bits per heavy atom. The van der Waals surface area contributed by atoms with Crippen molar-refractivity contribution in [3.63, 3.8) is 0 Å². The zero-order valence-corrected chi connectivity index (χ0v) is 15.1. The molecule has 0 atom stereocenters. The molecule has 7 nitrogen and oxygen atoms in total. The molecule has 0 radical (unpaired) electrons. The second-order valence-corrected chi connectivity index (χ2v) is 6.40. The summed E-state index contributed by atoms with van der Waals surface area (Å²) in [6, 6.07) is 19.6. The molecule has 0 amide bonds. The van der Waals surface area contributed by atoms with Gasteiger partial charge < -0.3 is 0 Å². The van der Waals surface area contributed by atoms with Crippen LogP contribution >= 0.6 is 0 Å². The third kappa shape index (κ3) is 2.88. The number of fused-ring (bicyclic) bond motifs is 1. The normalized spacial score (nSPS) is 11.0. The summed E-state index contributed by atoms with van der Waals surface area (Å²) in [6.07, 6.45) is 3.46. The maximum atomic E-state index is 4.71. The molecule has 0 unspecified atom stereocenters. The highest BCUT2D eigenvalue weighted by Crippen LogP contribution is 2.23. The van der Waals surface area contributed by atoms with Gasteiger partial charge in [-0.15, -0.1) is 15.0 Å². The summed E-state index contributed by atoms with van der Waals surface area (Å²) in [5.74, 6) is 1.69. The highest BCUT2D eigenvalue weighted by molar-refractivity contribution is 5.86. The monoisotopic (exact) mass is 365 g/mol. The minimum absolute atomic E-state index is 0.547. The summed E-state index contributed by atoms with van der Waals surface area (Å²) in [5, 5.41) is 13.9. The number of aromatic nitrogens is 7. The molecule has 134 valence electrons. The predicted octanol–water partition coefficient (Wildman–Crippen LogP) is 3.64. The molecule has 2 aromatic carbocycles. The largest absolute Gasteiger partial charge is 0.264 e. The number of nitrogens with zero attached hydrogens (tertiary/aromatic N) is 7. The molecule has 3 heterocycles. The molecule has 7 heteroatoms. The van der Waals surface area contributed by atoms with E-state index in [1.807, 2.05) is 67.6 Å². The number of hydrogen-bond donors (Lipinski definition) is 0. The molecule has 0 aliphatic rings. The second kappa shape index (κ2) is 6.62. The van der Waals surface area contributed by atoms with Gasteiger partial charge in [-0.05, 0) is 36.4 Å². The Morgan fingerprint density at radius 3 is 2.46 bits per heavy atom. The fraction of sp³-hybridized carbons (Fsp3) is 0.0476. The van der Waals surface area contributed by atoms with Crippen LogP contribution < -0.4 is 0 Å². The molecular formula is C21H15N7. The summed E-state index contributed by atoms with van der Waals surface area (Å²) in [6.45, 7) is 2.04. The average Bonchev–Trinajstić information content (AvgIpc) is 3.24. The van der Waals surface area contributed by atoms with Gasteiger partial charge in [0.25, 0.3) is 0 Å². The molecule has 0 saturated carbocycles. The van der Waals surface area contributed by atoms with Gasteiger partial charge >= 0.3 is 0 Å². The maximum Gasteiger partial charge on any atom is 0.205 e. The first-order valence-electron chi connectivity index (χ1n) is 8.82. The van der Waals surface area contributed by atoms with Gasteiger partial charge in [-0.1, -0.05) is 42.0 Å². The van der Waals surface area contributed by atoms with E-state index in [9.17, 15) is 0 Å². The highest BCUT2D eigenvalue weighted by atomic mass is 15.6. The lowest BCUT2D eigenvalue weighted by Crippen LogP contribution is -2.06. The first-order chi connectivity index (χ1) is 13.8. The van der Waals surface area contributed by atoms with Crippen LogP contribution in [0, 0.1) is 6.92 Å². The molecule has 28 heavy (non-hydrogen) atoms. The van der Waals surface area contributed by atoms with Crippen LogP contribution in [0.2, 0.25) is 0 Å². The van der Waals surface area contributed by atoms with Gasteiger partial charge in [-0.25, -0.2) is 9.97 Å². The van der Waals surface area contributed by atoms with E-state index in [2.05, 4.69) is 25.4 Å². The standard InChI is InChI=1S/C21H15N7/c1-14-8-10-15(11-9-14)20-25-27-28(26-20)21-17-6-2-3-7-18(17)23-19(24-21)16-5-4-12-22-13-16/h2-13H,1H3. The molecule has 0 fully saturated rings. The van der Waals surface area contributed by atoms with Crippen LogP contribution in [0.1, 0.15) is 5.56 Å². The van der Waals surface area contributed by atoms with E-state index in [1.54, 1.807) is 12.4 Å². The zero-order chi connectivity index (χ0) is 18.9. The minimum Gasteiger partial charge on any atom is -0.264 e. The molecule has 5 aromatic rings. The molecule has 0 aliphatic heterocycles. The van der Waals surface area contributed by atoms with Gasteiger partial charge in [0.1, 0.15) is 0 Å². The predicted molar refractivity (Wildman–Crippen MR) is 106 cm³/mol. The topological polar surface area (TPSA) is 82.3 Å². The van der Waals surface area contributed by atoms with Crippen molar-refractivity contribution in [1.82, 2.24) is 35.2 Å². The fourth-order valence-electron chi connectivity index (χ4n) is 2.96. The molecule has 0 spiro atoms. The molecule has 0 aliphatic carbocycles. The van der Waals surface area contributed by atoms with E-state index < -0.39 is 0 Å². The van der Waals surface area contributed by atoms with Crippen molar-refractivity contribution >= 4 is 10.9 Å². The Kier molecular flexibility index (Phi) is 3.83. The van der Waals surface area contributed by atoms with E-state index in [4.69, 9.17) is 4.98 Å². The van der Waals surface area contributed by atoms with Crippen LogP contribution in [-0.2, 0) is 0 Å². The van der Waals surface area contributed by atoms with Crippen LogP contribution in [0.15, 0.2) is 73.1 Å². The lowest BCUT2D eigenvalue weighted by molar-refractivity contribution is 0.705. The van der Waals surface area contributed by atoms with E-state index in [0.717, 1.165) is 22.0 Å². The quantitative estimate of drug-likeness (QED) is 0.485. The summed E-state index contributed by atoms with van der Waals surface area (Å²) < 4.78 is 0. The average molecular weight is 365 g/mol. The van der Waals surface area contributed by atoms with E-state index in [0.29, 0.717) is 17.5 Å². The van der Waals surface area contributed by atoms with Crippen molar-refractivity contribution in [2.75, 3.05) is 0 Å². The van der Waals surface area contributed by atoms with Crippen molar-refractivity contribution in [2.24, 2.45) is 0 Å². The summed E-state index contributed by atoms with van der Waals surface area (Å²) in [7, 11) is 0. The Hall–Kier alpha value is -4.00. The third-order valence-electron chi connectivity index (χ3n) is 4.42. The molecule has 0 bridgehead atoms. The lowest BCUT2D eigenvalue weighted by atomic mass is 10.1. The van der Waals surface area contributed by atoms with Gasteiger partial charge in [-0.2, -0.15) is 0 Å². The van der Waals surface area contributed by atoms with E-state index >= 15 is 0 Å². The van der Waals surface area contributed by atoms with E-state index in [1.165, 1.54) is 10.4 Å². The van der Waals surface area contributed by atoms with Gasteiger partial charge in [-0.3, -0.25) is 4.98 Å². The zero-order valence-electron chi connectivity index (χ0n) is 15.1. The Labute approximate surface area is 160 Å². The smallest absolute Gasteiger partial charge is 0.205 e. The summed E-state index contributed by atoms with van der Waals surface area (Å²) >= 11 is 0. The molecule has 0 saturated heterocycles. The Bertz CT molecular complexity index is 1260. The summed E-state index contributed by atoms with van der Waals surface area (Å²) in [5.41, 5.74) is 3.72. The number of pyridine rings is 1. The minimum atomic E-state index is 0.547. The first-order valence-corrected chi connectivity index (χ1v) is 8.82. The first kappa shape index (κ1) is 16.2. The summed E-state index contributed by atoms with van der Waals surface area (Å²) in [4.78, 5) is 15.0. The number of benzene rings is 2. The van der Waals surface area contributed by atoms with Crippen molar-refractivity contribution in [3.05, 3.63) is 78.6 Å². The van der Waals surface area contributed by atoms with Gasteiger partial charge in [0, 0.05) is 28.9 Å². The second-order valence-electron chi connectivity index (χ2n) is 6.40. The lowest BCUT2D eigenvalue weighted by Gasteiger charge is -2.07. The number of rotatable bonds is 3. The molecule has 5 rings (SSSR count). The number of para-hydroxylation sites is 1. The fourth-order valence-corrected chi connectivity index (χ4v) is 2.96. The highest BCUT2D eigenvalue weighted by Gasteiger charge is 2.14. The molecular weight excluding hydrogens is 350 g/mol. The van der Waals surface area contributed by atoms with Crippen molar-refractivity contribution in [1.29, 1.82) is 0 Å². The number of aryl methyl sites for hydroxylation is 1. The Balaban J connectivity index is 1.67. The van der Waals surface area contributed by atoms with Crippen LogP contribution in [0.3, 0.4) is 0 Å². The number of tetrazole rings is 1. The Morgan fingerprint density at radius 1 is 0.786 bits per heavy atom. The van der Waals surface area contributed by atoms with Crippen LogP contribution in [-0.4, -0.2) is 35.2 Å².